The third-order valence-corrected chi connectivity index (χ3v) is 2.39. The molecule has 0 aliphatic carbocycles. The van der Waals surface area contributed by atoms with E-state index >= 15 is 0 Å². The summed E-state index contributed by atoms with van der Waals surface area (Å²) in [5.41, 5.74) is -0.514. The Morgan fingerprint density at radius 2 is 2.12 bits per heavy atom. The number of hydrogen-bond acceptors (Lipinski definition) is 4. The molecule has 1 amide bonds. The number of Topliss-reactive ketones (excluding diaryl/α,β-unsaturated/α-hetero) is 1. The van der Waals surface area contributed by atoms with E-state index in [1.165, 1.54) is 4.90 Å². The van der Waals surface area contributed by atoms with Crippen LogP contribution in [0.5, 0.6) is 0 Å². The zero-order valence-corrected chi connectivity index (χ0v) is 11.0. The third kappa shape index (κ3) is 4.34. The summed E-state index contributed by atoms with van der Waals surface area (Å²) in [7, 11) is 0. The highest BCUT2D eigenvalue weighted by Crippen LogP contribution is 2.15. The van der Waals surface area contributed by atoms with Gasteiger partial charge >= 0.3 is 6.09 Å². The lowest BCUT2D eigenvalue weighted by Crippen LogP contribution is -2.49. The molecule has 0 spiro atoms. The van der Waals surface area contributed by atoms with E-state index in [0.29, 0.717) is 26.1 Å². The summed E-state index contributed by atoms with van der Waals surface area (Å²) in [4.78, 5) is 24.9. The SMILES string of the molecule is CCOC1CN(C(=O)OC(C)(C)C)CCC1=O. The van der Waals surface area contributed by atoms with Crippen molar-refractivity contribution in [1.29, 1.82) is 0 Å². The first-order valence-electron chi connectivity index (χ1n) is 5.95. The molecule has 0 aromatic heterocycles. The highest BCUT2D eigenvalue weighted by atomic mass is 16.6. The number of amides is 1. The highest BCUT2D eigenvalue weighted by molar-refractivity contribution is 5.85. The van der Waals surface area contributed by atoms with E-state index in [0.717, 1.165) is 0 Å². The summed E-state index contributed by atoms with van der Waals surface area (Å²) in [6.07, 6.45) is -0.542. The molecule has 1 aliphatic rings. The minimum atomic E-state index is -0.514. The van der Waals surface area contributed by atoms with E-state index in [4.69, 9.17) is 9.47 Å². The number of rotatable bonds is 2. The molecule has 1 rings (SSSR count). The first-order valence-corrected chi connectivity index (χ1v) is 5.95. The predicted octanol–water partition coefficient (Wildman–Crippen LogP) is 1.60. The maximum Gasteiger partial charge on any atom is 0.410 e. The quantitative estimate of drug-likeness (QED) is 0.739. The largest absolute Gasteiger partial charge is 0.444 e. The summed E-state index contributed by atoms with van der Waals surface area (Å²) < 4.78 is 10.6. The van der Waals surface area contributed by atoms with E-state index < -0.39 is 11.7 Å². The molecule has 0 radical (unpaired) electrons. The molecule has 5 heteroatoms. The first kappa shape index (κ1) is 14.0. The van der Waals surface area contributed by atoms with E-state index in [1.807, 2.05) is 27.7 Å². The standard InChI is InChI=1S/C12H21NO4/c1-5-16-10-8-13(7-6-9(10)14)11(15)17-12(2,3)4/h10H,5-8H2,1-4H3. The second-order valence-electron chi connectivity index (χ2n) is 5.09. The lowest BCUT2D eigenvalue weighted by Gasteiger charge is -2.33. The molecule has 1 aliphatic heterocycles. The Morgan fingerprint density at radius 3 is 2.65 bits per heavy atom. The van der Waals surface area contributed by atoms with Crippen LogP contribution in [0.4, 0.5) is 4.79 Å². The second-order valence-corrected chi connectivity index (χ2v) is 5.09. The van der Waals surface area contributed by atoms with Crippen molar-refractivity contribution in [3.8, 4) is 0 Å². The van der Waals surface area contributed by atoms with Gasteiger partial charge in [-0.3, -0.25) is 4.79 Å². The first-order chi connectivity index (χ1) is 7.83. The summed E-state index contributed by atoms with van der Waals surface area (Å²) in [6.45, 7) is 8.47. The van der Waals surface area contributed by atoms with Crippen molar-refractivity contribution in [2.75, 3.05) is 19.7 Å². The molecule has 5 nitrogen and oxygen atoms in total. The van der Waals surface area contributed by atoms with Gasteiger partial charge in [0.2, 0.25) is 0 Å². The topological polar surface area (TPSA) is 55.8 Å². The molecule has 17 heavy (non-hydrogen) atoms. The van der Waals surface area contributed by atoms with E-state index in [9.17, 15) is 9.59 Å². The lowest BCUT2D eigenvalue weighted by molar-refractivity contribution is -0.135. The molecule has 1 unspecified atom stereocenters. The van der Waals surface area contributed by atoms with Crippen LogP contribution in [-0.2, 0) is 14.3 Å². The number of piperidine rings is 1. The van der Waals surface area contributed by atoms with Crippen molar-refractivity contribution in [2.45, 2.75) is 45.8 Å². The molecule has 1 heterocycles. The summed E-state index contributed by atoms with van der Waals surface area (Å²) in [6, 6.07) is 0. The van der Waals surface area contributed by atoms with Gasteiger partial charge in [-0.25, -0.2) is 4.79 Å². The molecule has 0 N–H and O–H groups in total. The average Bonchev–Trinajstić information content (AvgIpc) is 2.19. The van der Waals surface area contributed by atoms with Gasteiger partial charge in [0.15, 0.2) is 5.78 Å². The summed E-state index contributed by atoms with van der Waals surface area (Å²) in [5, 5.41) is 0. The minimum absolute atomic E-state index is 0.0617. The van der Waals surface area contributed by atoms with Gasteiger partial charge in [0.1, 0.15) is 11.7 Å². The van der Waals surface area contributed by atoms with Gasteiger partial charge < -0.3 is 14.4 Å². The smallest absolute Gasteiger partial charge is 0.410 e. The van der Waals surface area contributed by atoms with Gasteiger partial charge in [0.25, 0.3) is 0 Å². The number of ketones is 1. The van der Waals surface area contributed by atoms with Crippen LogP contribution < -0.4 is 0 Å². The lowest BCUT2D eigenvalue weighted by atomic mass is 10.1. The third-order valence-electron chi connectivity index (χ3n) is 2.39. The van der Waals surface area contributed by atoms with E-state index in [2.05, 4.69) is 0 Å². The number of likely N-dealkylation sites (tertiary alicyclic amines) is 1. The van der Waals surface area contributed by atoms with Crippen LogP contribution in [-0.4, -0.2) is 48.2 Å². The number of carbonyl (C=O) groups excluding carboxylic acids is 2. The fourth-order valence-corrected chi connectivity index (χ4v) is 1.64. The molecule has 1 fully saturated rings. The van der Waals surface area contributed by atoms with Crippen LogP contribution in [0.3, 0.4) is 0 Å². The molecular weight excluding hydrogens is 222 g/mol. The Balaban J connectivity index is 2.55. The Morgan fingerprint density at radius 1 is 1.47 bits per heavy atom. The van der Waals surface area contributed by atoms with Crippen molar-refractivity contribution < 1.29 is 19.1 Å². The van der Waals surface area contributed by atoms with Crippen LogP contribution in [0.1, 0.15) is 34.1 Å². The number of ether oxygens (including phenoxy) is 2. The molecular formula is C12H21NO4. The molecule has 0 saturated carbocycles. The molecule has 98 valence electrons. The van der Waals surface area contributed by atoms with Crippen molar-refractivity contribution in [1.82, 2.24) is 4.90 Å². The van der Waals surface area contributed by atoms with Gasteiger partial charge in [-0.2, -0.15) is 0 Å². The highest BCUT2D eigenvalue weighted by Gasteiger charge is 2.32. The maximum absolute atomic E-state index is 11.8. The van der Waals surface area contributed by atoms with Crippen LogP contribution in [0.25, 0.3) is 0 Å². The summed E-state index contributed by atoms with van der Waals surface area (Å²) in [5.74, 6) is 0.0617. The average molecular weight is 243 g/mol. The zero-order chi connectivity index (χ0) is 13.1. The van der Waals surface area contributed by atoms with Crippen LogP contribution in [0.2, 0.25) is 0 Å². The van der Waals surface area contributed by atoms with Crippen LogP contribution >= 0.6 is 0 Å². The van der Waals surface area contributed by atoms with Crippen molar-refractivity contribution in [3.63, 3.8) is 0 Å². The van der Waals surface area contributed by atoms with Gasteiger partial charge in [0.05, 0.1) is 6.54 Å². The van der Waals surface area contributed by atoms with Gasteiger partial charge in [-0.1, -0.05) is 0 Å². The van der Waals surface area contributed by atoms with Crippen LogP contribution in [0.15, 0.2) is 0 Å². The second kappa shape index (κ2) is 5.49. The van der Waals surface area contributed by atoms with Gasteiger partial charge in [-0.05, 0) is 27.7 Å². The van der Waals surface area contributed by atoms with Gasteiger partial charge in [-0.15, -0.1) is 0 Å². The number of nitrogens with zero attached hydrogens (tertiary/aromatic N) is 1. The molecule has 0 aromatic carbocycles. The molecule has 1 saturated heterocycles. The monoisotopic (exact) mass is 243 g/mol. The fourth-order valence-electron chi connectivity index (χ4n) is 1.64. The minimum Gasteiger partial charge on any atom is -0.444 e. The predicted molar refractivity (Wildman–Crippen MR) is 62.8 cm³/mol. The van der Waals surface area contributed by atoms with Crippen molar-refractivity contribution in [2.24, 2.45) is 0 Å². The Kier molecular flexibility index (Phi) is 4.51. The molecule has 0 bridgehead atoms. The molecule has 1 atom stereocenters. The Bertz CT molecular complexity index is 295. The van der Waals surface area contributed by atoms with E-state index in [-0.39, 0.29) is 11.9 Å². The van der Waals surface area contributed by atoms with Crippen LogP contribution in [0, 0.1) is 0 Å². The van der Waals surface area contributed by atoms with E-state index in [1.54, 1.807) is 0 Å². The maximum atomic E-state index is 11.8. The summed E-state index contributed by atoms with van der Waals surface area (Å²) >= 11 is 0. The number of carbonyl (C=O) groups is 2. The molecule has 0 aromatic rings. The Hall–Kier alpha value is -1.10. The van der Waals surface area contributed by atoms with Gasteiger partial charge in [0, 0.05) is 19.6 Å². The van der Waals surface area contributed by atoms with Crippen molar-refractivity contribution in [3.05, 3.63) is 0 Å². The fraction of sp³-hybridized carbons (Fsp3) is 0.833. The normalized spacial score (nSPS) is 21.5. The number of hydrogen-bond donors (Lipinski definition) is 0. The Labute approximate surface area is 102 Å². The zero-order valence-electron chi connectivity index (χ0n) is 11.0. The van der Waals surface area contributed by atoms with Crippen molar-refractivity contribution >= 4 is 11.9 Å².